The Morgan fingerprint density at radius 3 is 2.40 bits per heavy atom. The summed E-state index contributed by atoms with van der Waals surface area (Å²) >= 11 is 0. The second-order valence-electron chi connectivity index (χ2n) is 5.17. The average molecular weight is 213 g/mol. The summed E-state index contributed by atoms with van der Waals surface area (Å²) in [6, 6.07) is 0.591. The Bertz CT molecular complexity index is 168. The zero-order valence-corrected chi connectivity index (χ0v) is 10.5. The highest BCUT2D eigenvalue weighted by Gasteiger charge is 2.29. The molecule has 3 atom stereocenters. The van der Waals surface area contributed by atoms with Crippen LogP contribution in [0.5, 0.6) is 0 Å². The maximum Gasteiger partial charge on any atom is 0.0692 e. The molecule has 2 nitrogen and oxygen atoms in total. The molecule has 0 aromatic carbocycles. The topological polar surface area (TPSA) is 32.3 Å². The zero-order chi connectivity index (χ0) is 11.3. The average Bonchev–Trinajstić information content (AvgIpc) is 3.06. The molecule has 0 spiro atoms. The van der Waals surface area contributed by atoms with Gasteiger partial charge < -0.3 is 10.4 Å². The third-order valence-corrected chi connectivity index (χ3v) is 3.66. The molecule has 0 amide bonds. The van der Waals surface area contributed by atoms with Crippen molar-refractivity contribution in [1.29, 1.82) is 0 Å². The highest BCUT2D eigenvalue weighted by molar-refractivity contribution is 4.83. The maximum atomic E-state index is 9.76. The van der Waals surface area contributed by atoms with Gasteiger partial charge in [-0.1, -0.05) is 27.2 Å². The van der Waals surface area contributed by atoms with E-state index < -0.39 is 0 Å². The van der Waals surface area contributed by atoms with E-state index in [0.717, 1.165) is 12.5 Å². The number of hydrogen-bond donors (Lipinski definition) is 2. The van der Waals surface area contributed by atoms with Gasteiger partial charge in [-0.3, -0.25) is 0 Å². The third-order valence-electron chi connectivity index (χ3n) is 3.66. The number of aliphatic hydroxyl groups excluding tert-OH is 1. The first-order valence-electron chi connectivity index (χ1n) is 6.58. The Kier molecular flexibility index (Phi) is 5.62. The van der Waals surface area contributed by atoms with Gasteiger partial charge in [0.1, 0.15) is 0 Å². The largest absolute Gasteiger partial charge is 0.392 e. The van der Waals surface area contributed by atoms with Crippen molar-refractivity contribution in [2.75, 3.05) is 6.54 Å². The lowest BCUT2D eigenvalue weighted by molar-refractivity contribution is 0.142. The molecule has 3 unspecified atom stereocenters. The van der Waals surface area contributed by atoms with Gasteiger partial charge in [-0.25, -0.2) is 0 Å². The van der Waals surface area contributed by atoms with E-state index in [2.05, 4.69) is 26.1 Å². The highest BCUT2D eigenvalue weighted by Crippen LogP contribution is 2.32. The van der Waals surface area contributed by atoms with Crippen LogP contribution in [-0.2, 0) is 0 Å². The third kappa shape index (κ3) is 4.98. The van der Waals surface area contributed by atoms with Crippen LogP contribution in [0.15, 0.2) is 0 Å². The van der Waals surface area contributed by atoms with E-state index >= 15 is 0 Å². The molecule has 1 aliphatic carbocycles. The van der Waals surface area contributed by atoms with Gasteiger partial charge in [-0.15, -0.1) is 0 Å². The van der Waals surface area contributed by atoms with E-state index in [-0.39, 0.29) is 6.10 Å². The molecular weight excluding hydrogens is 186 g/mol. The Hall–Kier alpha value is -0.0800. The van der Waals surface area contributed by atoms with E-state index in [4.69, 9.17) is 0 Å². The van der Waals surface area contributed by atoms with Gasteiger partial charge in [0.05, 0.1) is 6.10 Å². The predicted octanol–water partition coefficient (Wildman–Crippen LogP) is 2.56. The lowest BCUT2D eigenvalue weighted by Gasteiger charge is -2.22. The van der Waals surface area contributed by atoms with Crippen LogP contribution in [-0.4, -0.2) is 23.8 Å². The minimum Gasteiger partial charge on any atom is -0.392 e. The molecule has 1 rings (SSSR count). The standard InChI is InChI=1S/C13H27NO/c1-4-10(3)8-12(5-2)14-9-13(15)11-6-7-11/h10-15H,4-9H2,1-3H3. The van der Waals surface area contributed by atoms with Crippen molar-refractivity contribution in [3.8, 4) is 0 Å². The summed E-state index contributed by atoms with van der Waals surface area (Å²) in [5.41, 5.74) is 0. The molecule has 0 radical (unpaired) electrons. The van der Waals surface area contributed by atoms with Crippen molar-refractivity contribution in [3.05, 3.63) is 0 Å². The summed E-state index contributed by atoms with van der Waals surface area (Å²) in [5, 5.41) is 13.3. The lowest BCUT2D eigenvalue weighted by atomic mass is 9.97. The molecule has 0 bridgehead atoms. The fourth-order valence-electron chi connectivity index (χ4n) is 1.98. The van der Waals surface area contributed by atoms with Gasteiger partial charge in [0.2, 0.25) is 0 Å². The number of aliphatic hydroxyl groups is 1. The van der Waals surface area contributed by atoms with E-state index in [0.29, 0.717) is 12.0 Å². The van der Waals surface area contributed by atoms with E-state index in [9.17, 15) is 5.11 Å². The van der Waals surface area contributed by atoms with Gasteiger partial charge in [-0.05, 0) is 37.5 Å². The van der Waals surface area contributed by atoms with Crippen molar-refractivity contribution < 1.29 is 5.11 Å². The number of rotatable bonds is 8. The monoisotopic (exact) mass is 213 g/mol. The highest BCUT2D eigenvalue weighted by atomic mass is 16.3. The van der Waals surface area contributed by atoms with Crippen LogP contribution in [0.4, 0.5) is 0 Å². The van der Waals surface area contributed by atoms with E-state index in [1.807, 2.05) is 0 Å². The van der Waals surface area contributed by atoms with Gasteiger partial charge in [-0.2, -0.15) is 0 Å². The van der Waals surface area contributed by atoms with E-state index in [1.165, 1.54) is 32.1 Å². The normalized spacial score (nSPS) is 22.4. The lowest BCUT2D eigenvalue weighted by Crippen LogP contribution is -2.37. The molecular formula is C13H27NO. The fourth-order valence-corrected chi connectivity index (χ4v) is 1.98. The molecule has 0 aromatic heterocycles. The fraction of sp³-hybridized carbons (Fsp3) is 1.00. The maximum absolute atomic E-state index is 9.76. The molecule has 90 valence electrons. The predicted molar refractivity (Wildman–Crippen MR) is 64.9 cm³/mol. The van der Waals surface area contributed by atoms with Crippen LogP contribution in [0.1, 0.15) is 52.9 Å². The Balaban J connectivity index is 2.14. The molecule has 0 aromatic rings. The SMILES string of the molecule is CCC(C)CC(CC)NCC(O)C1CC1. The van der Waals surface area contributed by atoms with Gasteiger partial charge in [0.25, 0.3) is 0 Å². The van der Waals surface area contributed by atoms with Crippen LogP contribution in [0.2, 0.25) is 0 Å². The zero-order valence-electron chi connectivity index (χ0n) is 10.5. The van der Waals surface area contributed by atoms with E-state index in [1.54, 1.807) is 0 Å². The van der Waals surface area contributed by atoms with Crippen molar-refractivity contribution >= 4 is 0 Å². The van der Waals surface area contributed by atoms with Crippen molar-refractivity contribution in [2.45, 2.75) is 65.0 Å². The quantitative estimate of drug-likeness (QED) is 0.649. The van der Waals surface area contributed by atoms with Crippen LogP contribution in [0.3, 0.4) is 0 Å². The van der Waals surface area contributed by atoms with Crippen molar-refractivity contribution in [1.82, 2.24) is 5.32 Å². The summed E-state index contributed by atoms with van der Waals surface area (Å²) in [6.07, 6.45) is 6.02. The number of hydrogen-bond acceptors (Lipinski definition) is 2. The van der Waals surface area contributed by atoms with Crippen LogP contribution >= 0.6 is 0 Å². The van der Waals surface area contributed by atoms with Crippen LogP contribution < -0.4 is 5.32 Å². The summed E-state index contributed by atoms with van der Waals surface area (Å²) in [7, 11) is 0. The molecule has 1 fully saturated rings. The summed E-state index contributed by atoms with van der Waals surface area (Å²) in [5.74, 6) is 1.39. The first-order chi connectivity index (χ1) is 7.17. The summed E-state index contributed by atoms with van der Waals surface area (Å²) in [4.78, 5) is 0. The van der Waals surface area contributed by atoms with Crippen LogP contribution in [0.25, 0.3) is 0 Å². The molecule has 2 heteroatoms. The molecule has 15 heavy (non-hydrogen) atoms. The van der Waals surface area contributed by atoms with Gasteiger partial charge in [0, 0.05) is 12.6 Å². The smallest absolute Gasteiger partial charge is 0.0692 e. The van der Waals surface area contributed by atoms with Crippen LogP contribution in [0, 0.1) is 11.8 Å². The second kappa shape index (κ2) is 6.49. The minimum absolute atomic E-state index is 0.101. The first kappa shape index (κ1) is 13.0. The Labute approximate surface area is 94.5 Å². The summed E-state index contributed by atoms with van der Waals surface area (Å²) < 4.78 is 0. The van der Waals surface area contributed by atoms with Crippen molar-refractivity contribution in [3.63, 3.8) is 0 Å². The van der Waals surface area contributed by atoms with Gasteiger partial charge in [0.15, 0.2) is 0 Å². The molecule has 0 saturated heterocycles. The molecule has 2 N–H and O–H groups in total. The molecule has 1 aliphatic rings. The van der Waals surface area contributed by atoms with Crippen molar-refractivity contribution in [2.24, 2.45) is 11.8 Å². The van der Waals surface area contributed by atoms with Gasteiger partial charge >= 0.3 is 0 Å². The Morgan fingerprint density at radius 2 is 1.93 bits per heavy atom. The Morgan fingerprint density at radius 1 is 1.27 bits per heavy atom. The number of nitrogens with one attached hydrogen (secondary N) is 1. The second-order valence-corrected chi connectivity index (χ2v) is 5.17. The summed E-state index contributed by atoms with van der Waals surface area (Å²) in [6.45, 7) is 7.57. The first-order valence-corrected chi connectivity index (χ1v) is 6.58. The minimum atomic E-state index is -0.101. The molecule has 1 saturated carbocycles. The molecule has 0 aliphatic heterocycles. The molecule has 0 heterocycles.